The molecule has 2 heterocycles. The number of anilines is 1. The number of halogens is 2. The molecule has 1 aromatic carbocycles. The number of benzene rings is 1. The summed E-state index contributed by atoms with van der Waals surface area (Å²) in [6.07, 6.45) is -1.23. The number of nitrogen functional groups attached to an aromatic ring is 1. The van der Waals surface area contributed by atoms with Gasteiger partial charge in [0.25, 0.3) is 6.43 Å². The molecule has 0 radical (unpaired) electrons. The topological polar surface area (TPSA) is 73.2 Å². The average Bonchev–Trinajstić information content (AvgIpc) is 2.94. The number of ether oxygens (including phenoxy) is 2. The van der Waals surface area contributed by atoms with Crippen molar-refractivity contribution in [3.63, 3.8) is 0 Å². The van der Waals surface area contributed by atoms with Gasteiger partial charge in [0, 0.05) is 11.1 Å². The van der Waals surface area contributed by atoms with Crippen LogP contribution in [-0.4, -0.2) is 17.0 Å². The second-order valence-electron chi connectivity index (χ2n) is 3.79. The SMILES string of the molecule is Nc1[nH]ncc1-c1cc2c(cc1C(F)F)OCO2. The zero-order valence-electron chi connectivity index (χ0n) is 9.11. The number of aromatic amines is 1. The van der Waals surface area contributed by atoms with E-state index in [1.54, 1.807) is 0 Å². The summed E-state index contributed by atoms with van der Waals surface area (Å²) in [5, 5.41) is 6.24. The monoisotopic (exact) mass is 253 g/mol. The minimum absolute atomic E-state index is 0.0301. The highest BCUT2D eigenvalue weighted by atomic mass is 19.3. The van der Waals surface area contributed by atoms with Gasteiger partial charge in [-0.25, -0.2) is 8.78 Å². The summed E-state index contributed by atoms with van der Waals surface area (Å²) in [6.45, 7) is 0.0301. The molecule has 2 aromatic rings. The molecule has 0 amide bonds. The van der Waals surface area contributed by atoms with E-state index in [2.05, 4.69) is 10.2 Å². The quantitative estimate of drug-likeness (QED) is 0.861. The Balaban J connectivity index is 2.21. The number of aromatic nitrogens is 2. The minimum Gasteiger partial charge on any atom is -0.454 e. The number of rotatable bonds is 2. The number of nitrogens with one attached hydrogen (secondary N) is 1. The number of nitrogens with two attached hydrogens (primary N) is 1. The summed E-state index contributed by atoms with van der Waals surface area (Å²) >= 11 is 0. The van der Waals surface area contributed by atoms with E-state index in [0.717, 1.165) is 0 Å². The summed E-state index contributed by atoms with van der Waals surface area (Å²) in [7, 11) is 0. The molecule has 0 saturated heterocycles. The van der Waals surface area contributed by atoms with Gasteiger partial charge in [-0.3, -0.25) is 5.10 Å². The van der Waals surface area contributed by atoms with Gasteiger partial charge in [0.15, 0.2) is 11.5 Å². The first kappa shape index (κ1) is 10.8. The Hall–Kier alpha value is -2.31. The first-order valence-corrected chi connectivity index (χ1v) is 5.17. The number of hydrogen-bond acceptors (Lipinski definition) is 4. The van der Waals surface area contributed by atoms with Crippen molar-refractivity contribution in [3.8, 4) is 22.6 Å². The molecule has 3 rings (SSSR count). The highest BCUT2D eigenvalue weighted by molar-refractivity contribution is 5.78. The maximum Gasteiger partial charge on any atom is 0.264 e. The molecule has 0 spiro atoms. The van der Waals surface area contributed by atoms with Crippen LogP contribution in [0.25, 0.3) is 11.1 Å². The van der Waals surface area contributed by atoms with Gasteiger partial charge in [0.2, 0.25) is 6.79 Å². The minimum atomic E-state index is -2.64. The highest BCUT2D eigenvalue weighted by Crippen LogP contribution is 2.42. The molecule has 0 bridgehead atoms. The lowest BCUT2D eigenvalue weighted by atomic mass is 10.0. The highest BCUT2D eigenvalue weighted by Gasteiger charge is 2.23. The maximum absolute atomic E-state index is 13.1. The zero-order chi connectivity index (χ0) is 12.7. The van der Waals surface area contributed by atoms with Gasteiger partial charge in [-0.1, -0.05) is 0 Å². The van der Waals surface area contributed by atoms with E-state index in [9.17, 15) is 8.78 Å². The van der Waals surface area contributed by atoms with E-state index >= 15 is 0 Å². The van der Waals surface area contributed by atoms with Crippen LogP contribution in [0.1, 0.15) is 12.0 Å². The second kappa shape index (κ2) is 3.86. The first-order valence-electron chi connectivity index (χ1n) is 5.17. The Kier molecular flexibility index (Phi) is 2.32. The van der Waals surface area contributed by atoms with Crippen LogP contribution in [0.2, 0.25) is 0 Å². The predicted molar refractivity (Wildman–Crippen MR) is 59.5 cm³/mol. The Bertz CT molecular complexity index is 598. The lowest BCUT2D eigenvalue weighted by molar-refractivity contribution is 0.151. The second-order valence-corrected chi connectivity index (χ2v) is 3.79. The molecular weight excluding hydrogens is 244 g/mol. The fourth-order valence-corrected chi connectivity index (χ4v) is 1.88. The van der Waals surface area contributed by atoms with Crippen molar-refractivity contribution < 1.29 is 18.3 Å². The van der Waals surface area contributed by atoms with Crippen molar-refractivity contribution in [3.05, 3.63) is 23.9 Å². The molecular formula is C11H9F2N3O2. The van der Waals surface area contributed by atoms with Gasteiger partial charge in [0.05, 0.1) is 6.20 Å². The van der Waals surface area contributed by atoms with Gasteiger partial charge >= 0.3 is 0 Å². The number of nitrogens with zero attached hydrogens (tertiary/aromatic N) is 1. The van der Waals surface area contributed by atoms with Crippen LogP contribution in [0, 0.1) is 0 Å². The fraction of sp³-hybridized carbons (Fsp3) is 0.182. The molecule has 1 aromatic heterocycles. The molecule has 0 aliphatic carbocycles. The van der Waals surface area contributed by atoms with E-state index < -0.39 is 6.43 Å². The lowest BCUT2D eigenvalue weighted by Crippen LogP contribution is -1.94. The van der Waals surface area contributed by atoms with Crippen LogP contribution >= 0.6 is 0 Å². The number of H-pyrrole nitrogens is 1. The van der Waals surface area contributed by atoms with E-state index in [1.807, 2.05) is 0 Å². The van der Waals surface area contributed by atoms with Crippen LogP contribution in [0.5, 0.6) is 11.5 Å². The van der Waals surface area contributed by atoms with Crippen LogP contribution in [0.4, 0.5) is 14.6 Å². The standard InChI is InChI=1S/C11H9F2N3O2/c12-10(13)6-2-9-8(17-4-18-9)1-5(6)7-3-15-16-11(7)14/h1-3,10H,4H2,(H3,14,15,16). The van der Waals surface area contributed by atoms with E-state index in [-0.39, 0.29) is 18.2 Å². The van der Waals surface area contributed by atoms with Crippen molar-refractivity contribution >= 4 is 5.82 Å². The molecule has 18 heavy (non-hydrogen) atoms. The summed E-state index contributed by atoms with van der Waals surface area (Å²) in [5.74, 6) is 0.974. The average molecular weight is 253 g/mol. The number of hydrogen-bond donors (Lipinski definition) is 2. The van der Waals surface area contributed by atoms with Gasteiger partial charge in [0.1, 0.15) is 5.82 Å². The molecule has 1 aliphatic rings. The Labute approximate surface area is 101 Å². The molecule has 5 nitrogen and oxygen atoms in total. The fourth-order valence-electron chi connectivity index (χ4n) is 1.88. The number of fused-ring (bicyclic) bond motifs is 1. The van der Waals surface area contributed by atoms with Crippen molar-refractivity contribution in [1.29, 1.82) is 0 Å². The van der Waals surface area contributed by atoms with Crippen LogP contribution < -0.4 is 15.2 Å². The van der Waals surface area contributed by atoms with E-state index in [4.69, 9.17) is 15.2 Å². The van der Waals surface area contributed by atoms with Crippen LogP contribution in [0.15, 0.2) is 18.3 Å². The molecule has 0 saturated carbocycles. The van der Waals surface area contributed by atoms with Gasteiger partial charge < -0.3 is 15.2 Å². The largest absolute Gasteiger partial charge is 0.454 e. The molecule has 94 valence electrons. The number of alkyl halides is 2. The van der Waals surface area contributed by atoms with Gasteiger partial charge in [-0.05, 0) is 17.7 Å². The van der Waals surface area contributed by atoms with Gasteiger partial charge in [-0.2, -0.15) is 5.10 Å². The van der Waals surface area contributed by atoms with Crippen molar-refractivity contribution in [1.82, 2.24) is 10.2 Å². The van der Waals surface area contributed by atoms with Gasteiger partial charge in [-0.15, -0.1) is 0 Å². The molecule has 1 aliphatic heterocycles. The van der Waals surface area contributed by atoms with Crippen molar-refractivity contribution in [2.75, 3.05) is 12.5 Å². The van der Waals surface area contributed by atoms with Crippen molar-refractivity contribution in [2.24, 2.45) is 0 Å². The molecule has 3 N–H and O–H groups in total. The summed E-state index contributed by atoms with van der Waals surface area (Å²) < 4.78 is 36.4. The molecule has 7 heteroatoms. The normalized spacial score (nSPS) is 13.3. The van der Waals surface area contributed by atoms with Crippen LogP contribution in [-0.2, 0) is 0 Å². The summed E-state index contributed by atoms with van der Waals surface area (Å²) in [4.78, 5) is 0. The summed E-state index contributed by atoms with van der Waals surface area (Å²) in [5.41, 5.74) is 6.20. The first-order chi connectivity index (χ1) is 8.66. The third-order valence-corrected chi connectivity index (χ3v) is 2.74. The summed E-state index contributed by atoms with van der Waals surface area (Å²) in [6, 6.07) is 2.76. The zero-order valence-corrected chi connectivity index (χ0v) is 9.11. The third kappa shape index (κ3) is 1.55. The Morgan fingerprint density at radius 1 is 1.22 bits per heavy atom. The van der Waals surface area contributed by atoms with Crippen molar-refractivity contribution in [2.45, 2.75) is 6.43 Å². The van der Waals surface area contributed by atoms with E-state index in [1.165, 1.54) is 18.3 Å². The smallest absolute Gasteiger partial charge is 0.264 e. The maximum atomic E-state index is 13.1. The predicted octanol–water partition coefficient (Wildman–Crippen LogP) is 2.33. The van der Waals surface area contributed by atoms with Crippen LogP contribution in [0.3, 0.4) is 0 Å². The Morgan fingerprint density at radius 2 is 1.94 bits per heavy atom. The third-order valence-electron chi connectivity index (χ3n) is 2.74. The van der Waals surface area contributed by atoms with E-state index in [0.29, 0.717) is 22.6 Å². The Morgan fingerprint density at radius 3 is 2.56 bits per heavy atom. The molecule has 0 unspecified atom stereocenters. The molecule has 0 fully saturated rings. The lowest BCUT2D eigenvalue weighted by Gasteiger charge is -2.09. The molecule has 0 atom stereocenters.